The number of Topliss-reactive ketones (excluding diaryl/α,β-unsaturated/α-hetero) is 1. The summed E-state index contributed by atoms with van der Waals surface area (Å²) in [6.45, 7) is 3.33. The van der Waals surface area contributed by atoms with Gasteiger partial charge in [-0.05, 0) is 87.1 Å². The molecule has 7 N–H and O–H groups in total. The number of ketones is 1. The second-order valence-electron chi connectivity index (χ2n) is 16.0. The van der Waals surface area contributed by atoms with Crippen LogP contribution in [0.25, 0.3) is 0 Å². The van der Waals surface area contributed by atoms with E-state index in [-0.39, 0.29) is 59.8 Å². The predicted octanol–water partition coefficient (Wildman–Crippen LogP) is 3.73. The van der Waals surface area contributed by atoms with Crippen molar-refractivity contribution >= 4 is 58.5 Å². The molecule has 59 heavy (non-hydrogen) atoms. The number of aliphatic hydroxyl groups excluding tert-OH is 2. The molecule has 0 aromatic carbocycles. The lowest BCUT2D eigenvalue weighted by atomic mass is 9.98. The van der Waals surface area contributed by atoms with Gasteiger partial charge in [0.05, 0.1) is 30.1 Å². The molecule has 2 saturated carbocycles. The number of nitrogens with two attached hydrogens (primary N) is 1. The lowest BCUT2D eigenvalue weighted by Crippen LogP contribution is -2.48. The summed E-state index contributed by atoms with van der Waals surface area (Å²) in [6.07, 6.45) is 8.93. The second-order valence-corrected chi connectivity index (χ2v) is 16.0. The highest BCUT2D eigenvalue weighted by Crippen LogP contribution is 2.49. The van der Waals surface area contributed by atoms with Crippen LogP contribution in [0.2, 0.25) is 0 Å². The van der Waals surface area contributed by atoms with Crippen LogP contribution in [0.4, 0.5) is 44.2 Å². The van der Waals surface area contributed by atoms with Crippen LogP contribution in [0.15, 0.2) is 73.1 Å². The molecule has 2 aliphatic carbocycles. The third kappa shape index (κ3) is 8.50. The minimum atomic E-state index is -1.11. The minimum Gasteiger partial charge on any atom is -0.477 e. The third-order valence-electron chi connectivity index (χ3n) is 11.7. The number of aromatic carboxylic acids is 1. The van der Waals surface area contributed by atoms with Crippen molar-refractivity contribution in [3.63, 3.8) is 0 Å². The SMILES string of the molecule is NC1(CO)CC1.O=C(CC1(CO)CC1)c1ccc2c(n1)N(C(=O)Nc1ccccn1)[C@H]1CCN2C1.O=C(O)c1ccc2c(n1)N(C(=O)Nc1ccccn1)[C@H]1CCN2C1. The Hall–Kier alpha value is -6.24. The quantitative estimate of drug-likeness (QED) is 0.139. The normalized spacial score (nSPS) is 20.5. The molecule has 18 nitrogen and oxygen atoms in total. The van der Waals surface area contributed by atoms with Crippen LogP contribution >= 0.6 is 0 Å². The fourth-order valence-corrected chi connectivity index (χ4v) is 7.75. The Morgan fingerprint density at radius 1 is 0.695 bits per heavy atom. The van der Waals surface area contributed by atoms with E-state index in [0.717, 1.165) is 76.1 Å². The maximum Gasteiger partial charge on any atom is 0.354 e. The van der Waals surface area contributed by atoms with Crippen molar-refractivity contribution < 1.29 is 34.5 Å². The van der Waals surface area contributed by atoms with Crippen LogP contribution < -0.4 is 36.0 Å². The lowest BCUT2D eigenvalue weighted by Gasteiger charge is -2.35. The summed E-state index contributed by atoms with van der Waals surface area (Å²) in [5, 5.41) is 32.7. The number of rotatable bonds is 8. The molecule has 8 heterocycles. The van der Waals surface area contributed by atoms with Gasteiger partial charge in [-0.25, -0.2) is 34.3 Å². The number of anilines is 6. The molecule has 18 heteroatoms. The summed E-state index contributed by atoms with van der Waals surface area (Å²) in [4.78, 5) is 74.5. The first-order chi connectivity index (χ1) is 28.5. The summed E-state index contributed by atoms with van der Waals surface area (Å²) in [7, 11) is 0. The zero-order valence-electron chi connectivity index (χ0n) is 32.4. The van der Waals surface area contributed by atoms with Crippen LogP contribution in [0.3, 0.4) is 0 Å². The number of aromatic nitrogens is 4. The standard InChI is InChI=1S/C21H23N5O3.C16H15N5O3.C4H9NO/c27-13-21(7-8-21)11-17(28)15-4-5-16-19(23-15)26(14-6-10-25(16)12-14)20(29)24-18-3-1-2-9-22-18;22-15(23)11-4-5-12-14(18-11)21(10-6-8-20(12)9-10)16(24)19-13-3-1-2-7-17-13;5-4(3-6)1-2-4/h1-5,9,14,27H,6-8,10-13H2,(H,22,24,29);1-5,7,10H,6,8-9H2,(H,22,23)(H,17,19,24);6H,1-3,5H2/t14-;10-;/m00./s1. The van der Waals surface area contributed by atoms with E-state index in [1.54, 1.807) is 64.7 Å². The molecule has 6 aliphatic rings. The third-order valence-corrected chi connectivity index (χ3v) is 11.7. The van der Waals surface area contributed by atoms with Gasteiger partial charge in [-0.3, -0.25) is 25.2 Å². The van der Waals surface area contributed by atoms with E-state index in [1.807, 2.05) is 12.1 Å². The molecular weight excluding hydrogens is 759 g/mol. The van der Waals surface area contributed by atoms with E-state index in [4.69, 9.17) is 10.8 Å². The Morgan fingerprint density at radius 3 is 1.61 bits per heavy atom. The Bertz CT molecular complexity index is 2220. The van der Waals surface area contributed by atoms with Crippen LogP contribution in [0.5, 0.6) is 0 Å². The van der Waals surface area contributed by atoms with E-state index in [9.17, 15) is 29.4 Å². The number of hydrogen-bond donors (Lipinski definition) is 6. The van der Waals surface area contributed by atoms with E-state index >= 15 is 0 Å². The number of carbonyl (C=O) groups excluding carboxylic acids is 3. The number of nitrogens with zero attached hydrogens (tertiary/aromatic N) is 8. The van der Waals surface area contributed by atoms with Crippen molar-refractivity contribution in [3.05, 3.63) is 84.4 Å². The van der Waals surface area contributed by atoms with E-state index < -0.39 is 5.97 Å². The topological polar surface area (TPSA) is 244 Å². The minimum absolute atomic E-state index is 0.0104. The van der Waals surface area contributed by atoms with Gasteiger partial charge < -0.3 is 30.9 Å². The monoisotopic (exact) mass is 805 g/mol. The Labute approximate surface area is 340 Å². The Kier molecular flexibility index (Phi) is 10.9. The van der Waals surface area contributed by atoms with Gasteiger partial charge in [0.2, 0.25) is 0 Å². The molecule has 0 unspecified atom stereocenters. The number of carboxylic acids is 1. The smallest absolute Gasteiger partial charge is 0.354 e. The molecule has 2 atom stereocenters. The van der Waals surface area contributed by atoms with Crippen LogP contribution in [0.1, 0.15) is 65.9 Å². The number of carboxylic acid groups (broad SMARTS) is 1. The molecule has 0 radical (unpaired) electrons. The molecule has 4 aromatic rings. The number of carbonyl (C=O) groups is 4. The van der Waals surface area contributed by atoms with Crippen molar-refractivity contribution in [2.75, 3.05) is 69.6 Å². The molecule has 10 rings (SSSR count). The van der Waals surface area contributed by atoms with Gasteiger partial charge in [0.25, 0.3) is 0 Å². The highest BCUT2D eigenvalue weighted by atomic mass is 16.4. The molecule has 0 spiro atoms. The molecule has 2 saturated heterocycles. The van der Waals surface area contributed by atoms with Gasteiger partial charge in [-0.2, -0.15) is 0 Å². The summed E-state index contributed by atoms with van der Waals surface area (Å²) >= 11 is 0. The van der Waals surface area contributed by atoms with Crippen molar-refractivity contribution in [1.29, 1.82) is 0 Å². The molecule has 4 bridgehead atoms. The molecular formula is C41H47N11O7. The largest absolute Gasteiger partial charge is 0.477 e. The zero-order chi connectivity index (χ0) is 41.3. The lowest BCUT2D eigenvalue weighted by molar-refractivity contribution is 0.0690. The van der Waals surface area contributed by atoms with E-state index in [2.05, 4.69) is 40.4 Å². The molecule has 4 fully saturated rings. The van der Waals surface area contributed by atoms with Crippen LogP contribution in [-0.2, 0) is 0 Å². The number of pyridine rings is 4. The fraction of sp³-hybridized carbons (Fsp3) is 0.415. The second kappa shape index (κ2) is 16.2. The van der Waals surface area contributed by atoms with Gasteiger partial charge in [0, 0.05) is 62.6 Å². The fourth-order valence-electron chi connectivity index (χ4n) is 7.75. The molecule has 4 aromatic heterocycles. The number of amides is 4. The Morgan fingerprint density at radius 2 is 1.20 bits per heavy atom. The first kappa shape index (κ1) is 39.6. The van der Waals surface area contributed by atoms with Crippen LogP contribution in [-0.4, -0.2) is 116 Å². The number of urea groups is 2. The maximum atomic E-state index is 13.1. The predicted molar refractivity (Wildman–Crippen MR) is 219 cm³/mol. The summed E-state index contributed by atoms with van der Waals surface area (Å²) in [5.74, 6) is 0.626. The Balaban J connectivity index is 0.000000146. The van der Waals surface area contributed by atoms with Crippen molar-refractivity contribution in [2.24, 2.45) is 11.1 Å². The first-order valence-electron chi connectivity index (χ1n) is 19.8. The summed E-state index contributed by atoms with van der Waals surface area (Å²) < 4.78 is 0. The van der Waals surface area contributed by atoms with Crippen LogP contribution in [0, 0.1) is 5.41 Å². The van der Waals surface area contributed by atoms with Gasteiger partial charge in [-0.1, -0.05) is 12.1 Å². The highest BCUT2D eigenvalue weighted by molar-refractivity contribution is 6.06. The van der Waals surface area contributed by atoms with Crippen molar-refractivity contribution in [3.8, 4) is 0 Å². The van der Waals surface area contributed by atoms with E-state index in [1.165, 1.54) is 6.07 Å². The van der Waals surface area contributed by atoms with Gasteiger partial charge >= 0.3 is 18.0 Å². The maximum absolute atomic E-state index is 13.1. The van der Waals surface area contributed by atoms with Crippen molar-refractivity contribution in [1.82, 2.24) is 19.9 Å². The van der Waals surface area contributed by atoms with Crippen molar-refractivity contribution in [2.45, 2.75) is 62.6 Å². The summed E-state index contributed by atoms with van der Waals surface area (Å²) in [5.41, 5.74) is 6.90. The van der Waals surface area contributed by atoms with Gasteiger partial charge in [-0.15, -0.1) is 0 Å². The average Bonchev–Trinajstić information content (AvgIpc) is 4.11. The summed E-state index contributed by atoms with van der Waals surface area (Å²) in [6, 6.07) is 16.7. The van der Waals surface area contributed by atoms with Gasteiger partial charge in [0.1, 0.15) is 17.3 Å². The number of aliphatic hydroxyl groups is 2. The molecule has 4 aliphatic heterocycles. The number of nitrogens with one attached hydrogen (secondary N) is 2. The molecule has 308 valence electrons. The number of fused-ring (bicyclic) bond motifs is 8. The van der Waals surface area contributed by atoms with Gasteiger partial charge in [0.15, 0.2) is 23.1 Å². The average molecular weight is 806 g/mol. The number of hydrogen-bond acceptors (Lipinski definition) is 13. The van der Waals surface area contributed by atoms with E-state index in [0.29, 0.717) is 35.4 Å². The highest BCUT2D eigenvalue weighted by Gasteiger charge is 2.45. The first-order valence-corrected chi connectivity index (χ1v) is 19.8. The zero-order valence-corrected chi connectivity index (χ0v) is 32.4. The molecule has 4 amide bonds.